The van der Waals surface area contributed by atoms with Gasteiger partial charge in [0.1, 0.15) is 0 Å². The molecule has 0 spiro atoms. The monoisotopic (exact) mass is 238 g/mol. The van der Waals surface area contributed by atoms with Crippen molar-refractivity contribution >= 4 is 11.3 Å². The van der Waals surface area contributed by atoms with Crippen LogP contribution in [-0.4, -0.2) is 11.5 Å². The van der Waals surface area contributed by atoms with Gasteiger partial charge in [0.05, 0.1) is 5.01 Å². The Kier molecular flexibility index (Phi) is 3.98. The van der Waals surface area contributed by atoms with Gasteiger partial charge < -0.3 is 5.73 Å². The zero-order valence-electron chi connectivity index (χ0n) is 10.2. The molecule has 0 saturated heterocycles. The van der Waals surface area contributed by atoms with Crippen molar-refractivity contribution in [3.63, 3.8) is 0 Å². The molecule has 0 bridgehead atoms. The molecule has 0 unspecified atom stereocenters. The maximum atomic E-state index is 5.54. The first-order valence-corrected chi connectivity index (χ1v) is 7.21. The van der Waals surface area contributed by atoms with Crippen LogP contribution < -0.4 is 5.73 Å². The molecular formula is C13H22N2S. The number of nitrogens with zero attached hydrogens (tertiary/aromatic N) is 1. The summed E-state index contributed by atoms with van der Waals surface area (Å²) in [6, 6.07) is 0. The lowest BCUT2D eigenvalue weighted by Gasteiger charge is -2.31. The number of aromatic nitrogens is 1. The van der Waals surface area contributed by atoms with Crippen LogP contribution >= 0.6 is 11.3 Å². The number of thiazole rings is 1. The summed E-state index contributed by atoms with van der Waals surface area (Å²) in [5.74, 6) is 0. The Morgan fingerprint density at radius 3 is 2.81 bits per heavy atom. The first-order valence-electron chi connectivity index (χ1n) is 6.40. The summed E-state index contributed by atoms with van der Waals surface area (Å²) >= 11 is 1.91. The molecule has 1 aromatic rings. The Hall–Kier alpha value is -0.410. The van der Waals surface area contributed by atoms with Gasteiger partial charge >= 0.3 is 0 Å². The zero-order chi connectivity index (χ0) is 11.4. The minimum Gasteiger partial charge on any atom is -0.330 e. The summed E-state index contributed by atoms with van der Waals surface area (Å²) in [6.45, 7) is 3.17. The van der Waals surface area contributed by atoms with E-state index >= 15 is 0 Å². The molecule has 1 aliphatic rings. The fourth-order valence-corrected chi connectivity index (χ4v) is 3.68. The fourth-order valence-electron chi connectivity index (χ4n) is 2.52. The van der Waals surface area contributed by atoms with E-state index in [1.807, 2.05) is 11.3 Å². The number of hydrogen-bond acceptors (Lipinski definition) is 3. The van der Waals surface area contributed by atoms with Crippen LogP contribution in [0.3, 0.4) is 0 Å². The van der Waals surface area contributed by atoms with Crippen molar-refractivity contribution in [1.82, 2.24) is 4.98 Å². The molecule has 90 valence electrons. The van der Waals surface area contributed by atoms with E-state index in [1.54, 1.807) is 0 Å². The predicted molar refractivity (Wildman–Crippen MR) is 69.9 cm³/mol. The van der Waals surface area contributed by atoms with Crippen LogP contribution in [0.5, 0.6) is 0 Å². The van der Waals surface area contributed by atoms with Gasteiger partial charge in [-0.1, -0.05) is 26.2 Å². The van der Waals surface area contributed by atoms with Crippen LogP contribution in [0.15, 0.2) is 6.20 Å². The van der Waals surface area contributed by atoms with Crippen LogP contribution in [0.2, 0.25) is 0 Å². The van der Waals surface area contributed by atoms with Gasteiger partial charge in [-0.3, -0.25) is 0 Å². The van der Waals surface area contributed by atoms with Gasteiger partial charge in [-0.2, -0.15) is 0 Å². The number of aryl methyl sites for hydroxylation is 1. The number of hydrogen-bond donors (Lipinski definition) is 1. The van der Waals surface area contributed by atoms with Gasteiger partial charge in [-0.25, -0.2) is 4.98 Å². The molecule has 1 fully saturated rings. The van der Waals surface area contributed by atoms with Crippen molar-refractivity contribution in [2.24, 2.45) is 5.73 Å². The van der Waals surface area contributed by atoms with Crippen molar-refractivity contribution in [3.05, 3.63) is 16.1 Å². The van der Waals surface area contributed by atoms with Crippen LogP contribution in [-0.2, 0) is 11.8 Å². The quantitative estimate of drug-likeness (QED) is 0.874. The topological polar surface area (TPSA) is 38.9 Å². The van der Waals surface area contributed by atoms with E-state index in [1.165, 1.54) is 42.0 Å². The molecule has 0 atom stereocenters. The Labute approximate surface area is 102 Å². The highest BCUT2D eigenvalue weighted by molar-refractivity contribution is 7.11. The summed E-state index contributed by atoms with van der Waals surface area (Å²) in [5, 5.41) is 1.36. The summed E-state index contributed by atoms with van der Waals surface area (Å²) in [7, 11) is 0. The molecule has 0 radical (unpaired) electrons. The van der Waals surface area contributed by atoms with E-state index < -0.39 is 0 Å². The number of nitrogens with two attached hydrogens (primary N) is 1. The minimum absolute atomic E-state index is 0.365. The van der Waals surface area contributed by atoms with Gasteiger partial charge in [0.25, 0.3) is 0 Å². The van der Waals surface area contributed by atoms with Crippen LogP contribution in [0.25, 0.3) is 0 Å². The molecule has 1 saturated carbocycles. The zero-order valence-corrected chi connectivity index (χ0v) is 11.0. The van der Waals surface area contributed by atoms with Crippen molar-refractivity contribution in [2.45, 2.75) is 57.3 Å². The average Bonchev–Trinajstić information content (AvgIpc) is 2.77. The first kappa shape index (κ1) is 12.1. The second kappa shape index (κ2) is 5.28. The van der Waals surface area contributed by atoms with E-state index in [2.05, 4.69) is 18.1 Å². The molecule has 2 N–H and O–H groups in total. The molecule has 1 heterocycles. The number of rotatable bonds is 4. The van der Waals surface area contributed by atoms with Crippen molar-refractivity contribution in [1.29, 1.82) is 0 Å². The van der Waals surface area contributed by atoms with E-state index in [4.69, 9.17) is 5.73 Å². The molecule has 1 aromatic heterocycles. The van der Waals surface area contributed by atoms with Crippen LogP contribution in [0.1, 0.15) is 55.3 Å². The maximum Gasteiger partial charge on any atom is 0.0986 e. The SMILES string of the molecule is CC1(c2ncc(CCCN)s2)CCCCC1. The normalized spacial score (nSPS) is 19.9. The lowest BCUT2D eigenvalue weighted by Crippen LogP contribution is -2.24. The molecule has 16 heavy (non-hydrogen) atoms. The maximum absolute atomic E-state index is 5.54. The standard InChI is InChI=1S/C13H22N2S/c1-13(7-3-2-4-8-13)12-15-10-11(16-12)6-5-9-14/h10H,2-9,14H2,1H3. The van der Waals surface area contributed by atoms with Crippen molar-refractivity contribution in [3.8, 4) is 0 Å². The van der Waals surface area contributed by atoms with Crippen LogP contribution in [0, 0.1) is 0 Å². The molecule has 0 aliphatic heterocycles. The lowest BCUT2D eigenvalue weighted by atomic mass is 9.76. The highest BCUT2D eigenvalue weighted by atomic mass is 32.1. The highest BCUT2D eigenvalue weighted by Crippen LogP contribution is 2.40. The third-order valence-electron chi connectivity index (χ3n) is 3.65. The molecule has 2 rings (SSSR count). The predicted octanol–water partition coefficient (Wildman–Crippen LogP) is 3.26. The van der Waals surface area contributed by atoms with Gasteiger partial charge in [0, 0.05) is 16.5 Å². The second-order valence-electron chi connectivity index (χ2n) is 5.15. The summed E-state index contributed by atoms with van der Waals surface area (Å²) < 4.78 is 0. The Bertz CT molecular complexity index is 326. The first-order chi connectivity index (χ1) is 7.74. The Morgan fingerprint density at radius 2 is 2.12 bits per heavy atom. The van der Waals surface area contributed by atoms with Gasteiger partial charge in [0.2, 0.25) is 0 Å². The summed E-state index contributed by atoms with van der Waals surface area (Å²) in [5.41, 5.74) is 5.90. The highest BCUT2D eigenvalue weighted by Gasteiger charge is 2.31. The molecule has 2 nitrogen and oxygen atoms in total. The smallest absolute Gasteiger partial charge is 0.0986 e. The van der Waals surface area contributed by atoms with Gasteiger partial charge in [-0.05, 0) is 32.2 Å². The van der Waals surface area contributed by atoms with E-state index in [0.717, 1.165) is 19.4 Å². The van der Waals surface area contributed by atoms with Gasteiger partial charge in [-0.15, -0.1) is 11.3 Å². The second-order valence-corrected chi connectivity index (χ2v) is 6.26. The molecule has 3 heteroatoms. The molecule has 1 aliphatic carbocycles. The lowest BCUT2D eigenvalue weighted by molar-refractivity contribution is 0.318. The Morgan fingerprint density at radius 1 is 1.38 bits per heavy atom. The average molecular weight is 238 g/mol. The Balaban J connectivity index is 2.05. The molecular weight excluding hydrogens is 216 g/mol. The van der Waals surface area contributed by atoms with E-state index in [9.17, 15) is 0 Å². The van der Waals surface area contributed by atoms with Crippen molar-refractivity contribution in [2.75, 3.05) is 6.54 Å². The largest absolute Gasteiger partial charge is 0.330 e. The molecule has 0 amide bonds. The van der Waals surface area contributed by atoms with E-state index in [0.29, 0.717) is 5.41 Å². The third-order valence-corrected chi connectivity index (χ3v) is 5.02. The summed E-state index contributed by atoms with van der Waals surface area (Å²) in [6.07, 6.45) is 11.0. The van der Waals surface area contributed by atoms with Crippen molar-refractivity contribution < 1.29 is 0 Å². The molecule has 0 aromatic carbocycles. The summed E-state index contributed by atoms with van der Waals surface area (Å²) in [4.78, 5) is 6.05. The fraction of sp³-hybridized carbons (Fsp3) is 0.769. The van der Waals surface area contributed by atoms with Crippen LogP contribution in [0.4, 0.5) is 0 Å². The van der Waals surface area contributed by atoms with E-state index in [-0.39, 0.29) is 0 Å². The third kappa shape index (κ3) is 2.64. The minimum atomic E-state index is 0.365. The van der Waals surface area contributed by atoms with Gasteiger partial charge in [0.15, 0.2) is 0 Å².